The molecule has 0 N–H and O–H groups in total. The molecule has 0 atom stereocenters. The number of rotatable bonds is 7. The van der Waals surface area contributed by atoms with Crippen LogP contribution in [0.1, 0.15) is 12.5 Å². The molecule has 0 radical (unpaired) electrons. The van der Waals surface area contributed by atoms with Crippen LogP contribution in [0.5, 0.6) is 5.75 Å². The molecule has 2 aromatic carbocycles. The Morgan fingerprint density at radius 1 is 1.23 bits per heavy atom. The maximum Gasteiger partial charge on any atom is 0.233 e. The van der Waals surface area contributed by atoms with Gasteiger partial charge in [0, 0.05) is 32.5 Å². The van der Waals surface area contributed by atoms with Crippen LogP contribution >= 0.6 is 11.8 Å². The van der Waals surface area contributed by atoms with Crippen LogP contribution in [0.15, 0.2) is 53.9 Å². The number of fused-ring (bicyclic) bond motifs is 1. The number of ether oxygens (including phenoxy) is 1. The third-order valence-electron chi connectivity index (χ3n) is 4.30. The number of carbonyl (C=O) groups excluding carboxylic acids is 1. The van der Waals surface area contributed by atoms with Gasteiger partial charge in [-0.1, -0.05) is 30.0 Å². The van der Waals surface area contributed by atoms with Crippen molar-refractivity contribution in [3.8, 4) is 5.75 Å². The van der Waals surface area contributed by atoms with E-state index in [-0.39, 0.29) is 5.91 Å². The lowest BCUT2D eigenvalue weighted by atomic mass is 10.1. The highest BCUT2D eigenvalue weighted by Gasteiger charge is 2.12. The van der Waals surface area contributed by atoms with Gasteiger partial charge in [-0.2, -0.15) is 0 Å². The summed E-state index contributed by atoms with van der Waals surface area (Å²) in [7, 11) is 3.51. The fraction of sp³-hybridized carbons (Fsp3) is 0.300. The molecule has 0 unspecified atom stereocenters. The highest BCUT2D eigenvalue weighted by molar-refractivity contribution is 7.99. The van der Waals surface area contributed by atoms with Crippen LogP contribution in [0, 0.1) is 0 Å². The lowest BCUT2D eigenvalue weighted by Crippen LogP contribution is -2.27. The van der Waals surface area contributed by atoms with E-state index in [9.17, 15) is 4.79 Å². The van der Waals surface area contributed by atoms with Gasteiger partial charge in [-0.15, -0.1) is 0 Å². The molecule has 6 heteroatoms. The summed E-state index contributed by atoms with van der Waals surface area (Å²) in [6, 6.07) is 12.3. The van der Waals surface area contributed by atoms with E-state index in [1.54, 1.807) is 18.2 Å². The predicted octanol–water partition coefficient (Wildman–Crippen LogP) is 3.82. The number of amides is 1. The summed E-state index contributed by atoms with van der Waals surface area (Å²) in [6.45, 7) is 3.51. The van der Waals surface area contributed by atoms with Crippen molar-refractivity contribution in [2.24, 2.45) is 0 Å². The van der Waals surface area contributed by atoms with Crippen LogP contribution in [0.2, 0.25) is 0 Å². The van der Waals surface area contributed by atoms with Gasteiger partial charge >= 0.3 is 0 Å². The Balaban J connectivity index is 1.62. The second-order valence-corrected chi connectivity index (χ2v) is 7.02. The number of imidazole rings is 1. The third-order valence-corrected chi connectivity index (χ3v) is 5.29. The molecule has 0 aliphatic carbocycles. The second-order valence-electron chi connectivity index (χ2n) is 6.08. The quantitative estimate of drug-likeness (QED) is 0.594. The Morgan fingerprint density at radius 2 is 2.00 bits per heavy atom. The Morgan fingerprint density at radius 3 is 2.77 bits per heavy atom. The SMILES string of the molecule is CCn1ccnc1SCC(=O)N(C)Cc1ccc2cc(OC)ccc2c1. The third kappa shape index (κ3) is 4.19. The molecule has 136 valence electrons. The minimum Gasteiger partial charge on any atom is -0.497 e. The van der Waals surface area contributed by atoms with Gasteiger partial charge in [0.15, 0.2) is 5.16 Å². The number of methoxy groups -OCH3 is 1. The summed E-state index contributed by atoms with van der Waals surface area (Å²) in [5.41, 5.74) is 1.11. The summed E-state index contributed by atoms with van der Waals surface area (Å²) in [5, 5.41) is 3.15. The molecule has 5 nitrogen and oxygen atoms in total. The molecule has 1 heterocycles. The van der Waals surface area contributed by atoms with Crippen LogP contribution in [0.4, 0.5) is 0 Å². The van der Waals surface area contributed by atoms with E-state index < -0.39 is 0 Å². The highest BCUT2D eigenvalue weighted by Crippen LogP contribution is 2.22. The van der Waals surface area contributed by atoms with Gasteiger partial charge in [-0.25, -0.2) is 4.98 Å². The molecule has 0 saturated carbocycles. The zero-order valence-corrected chi connectivity index (χ0v) is 16.1. The summed E-state index contributed by atoms with van der Waals surface area (Å²) < 4.78 is 7.30. The lowest BCUT2D eigenvalue weighted by Gasteiger charge is -2.17. The Hall–Kier alpha value is -2.47. The van der Waals surface area contributed by atoms with Gasteiger partial charge in [0.05, 0.1) is 12.9 Å². The Kier molecular flexibility index (Phi) is 5.83. The first-order chi connectivity index (χ1) is 12.6. The van der Waals surface area contributed by atoms with Gasteiger partial charge in [0.25, 0.3) is 0 Å². The number of carbonyl (C=O) groups is 1. The zero-order valence-electron chi connectivity index (χ0n) is 15.3. The van der Waals surface area contributed by atoms with E-state index in [4.69, 9.17) is 4.74 Å². The van der Waals surface area contributed by atoms with Crippen molar-refractivity contribution in [3.05, 3.63) is 54.4 Å². The molecular formula is C20H23N3O2S. The van der Waals surface area contributed by atoms with E-state index in [0.29, 0.717) is 12.3 Å². The summed E-state index contributed by atoms with van der Waals surface area (Å²) in [4.78, 5) is 18.5. The Labute approximate surface area is 158 Å². The molecular weight excluding hydrogens is 346 g/mol. The zero-order chi connectivity index (χ0) is 18.5. The van der Waals surface area contributed by atoms with Crippen LogP contribution in [-0.4, -0.2) is 40.3 Å². The van der Waals surface area contributed by atoms with Crippen LogP contribution in [0.3, 0.4) is 0 Å². The van der Waals surface area contributed by atoms with Crippen molar-refractivity contribution < 1.29 is 9.53 Å². The summed E-state index contributed by atoms with van der Waals surface area (Å²) >= 11 is 1.48. The van der Waals surface area contributed by atoms with Crippen molar-refractivity contribution >= 4 is 28.4 Å². The number of hydrogen-bond donors (Lipinski definition) is 0. The average Bonchev–Trinajstić information content (AvgIpc) is 3.13. The molecule has 26 heavy (non-hydrogen) atoms. The van der Waals surface area contributed by atoms with Crippen molar-refractivity contribution in [2.45, 2.75) is 25.2 Å². The van der Waals surface area contributed by atoms with Crippen LogP contribution < -0.4 is 4.74 Å². The van der Waals surface area contributed by atoms with Crippen molar-refractivity contribution in [1.29, 1.82) is 0 Å². The number of aromatic nitrogens is 2. The molecule has 0 bridgehead atoms. The fourth-order valence-electron chi connectivity index (χ4n) is 2.77. The summed E-state index contributed by atoms with van der Waals surface area (Å²) in [6.07, 6.45) is 3.70. The number of benzene rings is 2. The maximum absolute atomic E-state index is 12.4. The largest absolute Gasteiger partial charge is 0.497 e. The molecule has 0 fully saturated rings. The number of thioether (sulfide) groups is 1. The van der Waals surface area contributed by atoms with Crippen LogP contribution in [-0.2, 0) is 17.9 Å². The van der Waals surface area contributed by atoms with Crippen molar-refractivity contribution in [1.82, 2.24) is 14.5 Å². The topological polar surface area (TPSA) is 47.4 Å². The number of hydrogen-bond acceptors (Lipinski definition) is 4. The van der Waals surface area contributed by atoms with Crippen LogP contribution in [0.25, 0.3) is 10.8 Å². The fourth-order valence-corrected chi connectivity index (χ4v) is 3.74. The molecule has 3 aromatic rings. The van der Waals surface area contributed by atoms with E-state index in [0.717, 1.165) is 33.8 Å². The normalized spacial score (nSPS) is 10.9. The van der Waals surface area contributed by atoms with Gasteiger partial charge in [0.1, 0.15) is 5.75 Å². The minimum atomic E-state index is 0.0930. The van der Waals surface area contributed by atoms with Crippen molar-refractivity contribution in [2.75, 3.05) is 19.9 Å². The number of nitrogens with zero attached hydrogens (tertiary/aromatic N) is 3. The van der Waals surface area contributed by atoms with Gasteiger partial charge < -0.3 is 14.2 Å². The van der Waals surface area contributed by atoms with Gasteiger partial charge in [0.2, 0.25) is 5.91 Å². The lowest BCUT2D eigenvalue weighted by molar-refractivity contribution is -0.127. The standard InChI is InChI=1S/C20H23N3O2S/c1-4-23-10-9-21-20(23)26-14-19(24)22(2)13-15-5-6-17-12-18(25-3)8-7-16(17)11-15/h5-12H,4,13-14H2,1-3H3. The maximum atomic E-state index is 12.4. The van der Waals surface area contributed by atoms with Crippen molar-refractivity contribution in [3.63, 3.8) is 0 Å². The minimum absolute atomic E-state index is 0.0930. The van der Waals surface area contributed by atoms with E-state index >= 15 is 0 Å². The molecule has 0 aliphatic heterocycles. The second kappa shape index (κ2) is 8.27. The molecule has 0 saturated heterocycles. The van der Waals surface area contributed by atoms with E-state index in [1.165, 1.54) is 11.8 Å². The first-order valence-electron chi connectivity index (χ1n) is 8.55. The number of aryl methyl sites for hydroxylation is 1. The first-order valence-corrected chi connectivity index (χ1v) is 9.54. The van der Waals surface area contributed by atoms with Gasteiger partial charge in [-0.3, -0.25) is 4.79 Å². The highest BCUT2D eigenvalue weighted by atomic mass is 32.2. The monoisotopic (exact) mass is 369 g/mol. The van der Waals surface area contributed by atoms with E-state index in [1.807, 2.05) is 36.0 Å². The molecule has 3 rings (SSSR count). The molecule has 0 aliphatic rings. The summed E-state index contributed by atoms with van der Waals surface area (Å²) in [5.74, 6) is 1.33. The predicted molar refractivity (Wildman–Crippen MR) is 106 cm³/mol. The van der Waals surface area contributed by atoms with E-state index in [2.05, 4.69) is 30.1 Å². The van der Waals surface area contributed by atoms with Gasteiger partial charge in [-0.05, 0) is 41.5 Å². The molecule has 0 spiro atoms. The molecule has 1 aromatic heterocycles. The molecule has 1 amide bonds. The smallest absolute Gasteiger partial charge is 0.233 e. The first kappa shape index (κ1) is 18.3. The average molecular weight is 369 g/mol. The Bertz CT molecular complexity index is 907.